The maximum absolute atomic E-state index is 9.53. The van der Waals surface area contributed by atoms with Crippen molar-refractivity contribution in [2.75, 3.05) is 6.61 Å². The molecule has 0 bridgehead atoms. The highest BCUT2D eigenvalue weighted by Gasteiger charge is 2.59. The van der Waals surface area contributed by atoms with Gasteiger partial charge in [0.2, 0.25) is 0 Å². The molecular weight excluding hydrogens is 328 g/mol. The number of hydrogen-bond acceptors (Lipinski definition) is 1. The zero-order valence-corrected chi connectivity index (χ0v) is 19.3. The van der Waals surface area contributed by atoms with Crippen LogP contribution in [0.15, 0.2) is 0 Å². The summed E-state index contributed by atoms with van der Waals surface area (Å²) in [6.45, 7) is 14.6. The van der Waals surface area contributed by atoms with E-state index in [4.69, 9.17) is 0 Å². The third kappa shape index (κ3) is 3.53. The predicted molar refractivity (Wildman–Crippen MR) is 117 cm³/mol. The fourth-order valence-electron chi connectivity index (χ4n) is 8.64. The van der Waals surface area contributed by atoms with Gasteiger partial charge in [0.05, 0.1) is 0 Å². The van der Waals surface area contributed by atoms with Crippen LogP contribution in [0.4, 0.5) is 0 Å². The normalized spacial score (nSPS) is 48.9. The molecule has 0 amide bonds. The molecule has 4 rings (SSSR count). The molecule has 27 heavy (non-hydrogen) atoms. The number of aliphatic hydroxyl groups is 1. The fourth-order valence-corrected chi connectivity index (χ4v) is 8.64. The summed E-state index contributed by atoms with van der Waals surface area (Å²) in [5.74, 6) is 6.64. The van der Waals surface area contributed by atoms with E-state index in [0.717, 1.165) is 47.8 Å². The third-order valence-electron chi connectivity index (χ3n) is 10.3. The SMILES string of the molecule is CC.CC(C)C1CC[C@]2(C)C3CC[C@]4(C)C(CCO)CCC4C3CC[C@@H]2C1. The lowest BCUT2D eigenvalue weighted by atomic mass is 9.44. The molecule has 1 N–H and O–H groups in total. The summed E-state index contributed by atoms with van der Waals surface area (Å²) in [5, 5.41) is 9.53. The summed E-state index contributed by atoms with van der Waals surface area (Å²) >= 11 is 0. The predicted octanol–water partition coefficient (Wildman–Crippen LogP) is 7.33. The molecule has 0 aromatic rings. The minimum Gasteiger partial charge on any atom is -0.396 e. The monoisotopic (exact) mass is 376 g/mol. The smallest absolute Gasteiger partial charge is 0.0433 e. The van der Waals surface area contributed by atoms with Crippen molar-refractivity contribution >= 4 is 0 Å². The van der Waals surface area contributed by atoms with Gasteiger partial charge in [0, 0.05) is 6.61 Å². The van der Waals surface area contributed by atoms with E-state index in [-0.39, 0.29) is 0 Å². The van der Waals surface area contributed by atoms with Gasteiger partial charge < -0.3 is 5.11 Å². The Morgan fingerprint density at radius 1 is 0.852 bits per heavy atom. The van der Waals surface area contributed by atoms with E-state index in [2.05, 4.69) is 27.7 Å². The van der Waals surface area contributed by atoms with Gasteiger partial charge in [-0.1, -0.05) is 41.5 Å². The van der Waals surface area contributed by atoms with Crippen LogP contribution in [-0.4, -0.2) is 11.7 Å². The van der Waals surface area contributed by atoms with Crippen LogP contribution in [0.1, 0.15) is 106 Å². The van der Waals surface area contributed by atoms with Gasteiger partial charge >= 0.3 is 0 Å². The second-order valence-electron chi connectivity index (χ2n) is 11.3. The minimum absolute atomic E-state index is 0.400. The molecule has 0 aliphatic heterocycles. The molecule has 0 saturated heterocycles. The first-order chi connectivity index (χ1) is 12.9. The van der Waals surface area contributed by atoms with Gasteiger partial charge in [-0.2, -0.15) is 0 Å². The molecule has 0 aromatic heterocycles. The molecular formula is C26H48O. The number of aliphatic hydroxyl groups excluding tert-OH is 1. The first kappa shape index (κ1) is 21.7. The summed E-state index contributed by atoms with van der Waals surface area (Å²) in [7, 11) is 0. The van der Waals surface area contributed by atoms with Crippen molar-refractivity contribution < 1.29 is 5.11 Å². The van der Waals surface area contributed by atoms with Crippen molar-refractivity contribution in [1.29, 1.82) is 0 Å². The van der Waals surface area contributed by atoms with Crippen molar-refractivity contribution in [3.63, 3.8) is 0 Å². The van der Waals surface area contributed by atoms with E-state index < -0.39 is 0 Å². The van der Waals surface area contributed by atoms with Crippen LogP contribution in [0.5, 0.6) is 0 Å². The molecule has 4 aliphatic rings. The standard InChI is InChI=1S/C24H42O.C2H6/c1-16(2)17-9-12-24(4)19(15-17)5-7-20-21-8-6-18(11-14-25)23(21,3)13-10-22(20)24;1-2/h16-22,25H,5-15H2,1-4H3;1-2H3/t17?,18?,19-,20?,21?,22?,23-,24+;/m1./s1. The molecule has 0 spiro atoms. The van der Waals surface area contributed by atoms with Crippen molar-refractivity contribution in [3.05, 3.63) is 0 Å². The van der Waals surface area contributed by atoms with Crippen LogP contribution < -0.4 is 0 Å². The van der Waals surface area contributed by atoms with E-state index in [1.807, 2.05) is 13.8 Å². The zero-order valence-electron chi connectivity index (χ0n) is 19.3. The summed E-state index contributed by atoms with van der Waals surface area (Å²) < 4.78 is 0. The van der Waals surface area contributed by atoms with Crippen molar-refractivity contribution in [2.45, 2.75) is 106 Å². The highest BCUT2D eigenvalue weighted by molar-refractivity contribution is 5.09. The van der Waals surface area contributed by atoms with Gasteiger partial charge in [-0.25, -0.2) is 0 Å². The Bertz CT molecular complexity index is 485. The second-order valence-corrected chi connectivity index (χ2v) is 11.3. The molecule has 4 aliphatic carbocycles. The molecule has 8 atom stereocenters. The molecule has 158 valence electrons. The van der Waals surface area contributed by atoms with Gasteiger partial charge in [-0.15, -0.1) is 0 Å². The second kappa shape index (κ2) is 8.37. The molecule has 0 heterocycles. The first-order valence-electron chi connectivity index (χ1n) is 12.5. The third-order valence-corrected chi connectivity index (χ3v) is 10.3. The van der Waals surface area contributed by atoms with Crippen LogP contribution in [0.25, 0.3) is 0 Å². The van der Waals surface area contributed by atoms with E-state index >= 15 is 0 Å². The molecule has 4 saturated carbocycles. The molecule has 5 unspecified atom stereocenters. The van der Waals surface area contributed by atoms with Crippen molar-refractivity contribution in [1.82, 2.24) is 0 Å². The highest BCUT2D eigenvalue weighted by atomic mass is 16.3. The number of rotatable bonds is 3. The maximum atomic E-state index is 9.53. The first-order valence-corrected chi connectivity index (χ1v) is 12.5. The molecule has 4 fully saturated rings. The van der Waals surface area contributed by atoms with Crippen LogP contribution in [0.3, 0.4) is 0 Å². The van der Waals surface area contributed by atoms with Gasteiger partial charge in [0.1, 0.15) is 0 Å². The van der Waals surface area contributed by atoms with E-state index in [1.165, 1.54) is 57.8 Å². The highest BCUT2D eigenvalue weighted by Crippen LogP contribution is 2.68. The Balaban J connectivity index is 0.00000102. The lowest BCUT2D eigenvalue weighted by molar-refractivity contribution is -0.121. The summed E-state index contributed by atoms with van der Waals surface area (Å²) in [4.78, 5) is 0. The average molecular weight is 377 g/mol. The zero-order chi connectivity index (χ0) is 19.8. The van der Waals surface area contributed by atoms with Crippen LogP contribution >= 0.6 is 0 Å². The topological polar surface area (TPSA) is 20.2 Å². The van der Waals surface area contributed by atoms with Gasteiger partial charge in [-0.3, -0.25) is 0 Å². The maximum Gasteiger partial charge on any atom is 0.0433 e. The lowest BCUT2D eigenvalue weighted by Gasteiger charge is -2.61. The van der Waals surface area contributed by atoms with E-state index in [0.29, 0.717) is 17.4 Å². The van der Waals surface area contributed by atoms with Crippen LogP contribution in [-0.2, 0) is 0 Å². The van der Waals surface area contributed by atoms with E-state index in [1.54, 1.807) is 0 Å². The molecule has 1 nitrogen and oxygen atoms in total. The minimum atomic E-state index is 0.400. The number of hydrogen-bond donors (Lipinski definition) is 1. The Morgan fingerprint density at radius 2 is 1.52 bits per heavy atom. The van der Waals surface area contributed by atoms with Gasteiger partial charge in [0.15, 0.2) is 0 Å². The average Bonchev–Trinajstić information content (AvgIpc) is 2.99. The Labute approximate surface area is 170 Å². The van der Waals surface area contributed by atoms with Gasteiger partial charge in [0.25, 0.3) is 0 Å². The summed E-state index contributed by atoms with van der Waals surface area (Å²) in [6, 6.07) is 0. The van der Waals surface area contributed by atoms with E-state index in [9.17, 15) is 5.11 Å². The number of fused-ring (bicyclic) bond motifs is 5. The van der Waals surface area contributed by atoms with Crippen molar-refractivity contribution in [3.8, 4) is 0 Å². The largest absolute Gasteiger partial charge is 0.396 e. The lowest BCUT2D eigenvalue weighted by Crippen LogP contribution is -2.53. The fraction of sp³-hybridized carbons (Fsp3) is 1.00. The Kier molecular flexibility index (Phi) is 6.72. The Hall–Kier alpha value is -0.0400. The van der Waals surface area contributed by atoms with Gasteiger partial charge in [-0.05, 0) is 116 Å². The molecule has 1 heteroatoms. The summed E-state index contributed by atoms with van der Waals surface area (Å²) in [5.41, 5.74) is 1.19. The summed E-state index contributed by atoms with van der Waals surface area (Å²) in [6.07, 6.45) is 14.4. The van der Waals surface area contributed by atoms with Crippen molar-refractivity contribution in [2.24, 2.45) is 52.3 Å². The molecule has 0 aromatic carbocycles. The molecule has 0 radical (unpaired) electrons. The Morgan fingerprint density at radius 3 is 2.19 bits per heavy atom. The quantitative estimate of drug-likeness (QED) is 0.547. The van der Waals surface area contributed by atoms with Crippen LogP contribution in [0, 0.1) is 52.3 Å². The van der Waals surface area contributed by atoms with Crippen LogP contribution in [0.2, 0.25) is 0 Å².